The minimum Gasteiger partial charge on any atom is -0.478 e. The van der Waals surface area contributed by atoms with Gasteiger partial charge in [0.15, 0.2) is 0 Å². The molecular formula is C9H12N6O3. The molecule has 0 bridgehead atoms. The maximum absolute atomic E-state index is 12.1. The van der Waals surface area contributed by atoms with Crippen molar-refractivity contribution >= 4 is 17.9 Å². The number of urea groups is 1. The normalized spacial score (nSPS) is 14.5. The lowest BCUT2D eigenvalue weighted by molar-refractivity contribution is -0.133. The Morgan fingerprint density at radius 3 is 2.61 bits per heavy atom. The fourth-order valence-corrected chi connectivity index (χ4v) is 1.66. The van der Waals surface area contributed by atoms with Gasteiger partial charge in [-0.2, -0.15) is 0 Å². The third-order valence-electron chi connectivity index (χ3n) is 2.63. The second-order valence-electron chi connectivity index (χ2n) is 4.02. The fraction of sp³-hybridized carbons (Fsp3) is 0.444. The van der Waals surface area contributed by atoms with Gasteiger partial charge in [-0.25, -0.2) is 19.2 Å². The Labute approximate surface area is 102 Å². The Balaban J connectivity index is 2.55. The summed E-state index contributed by atoms with van der Waals surface area (Å²) in [4.78, 5) is 25.7. The van der Waals surface area contributed by atoms with E-state index >= 15 is 0 Å². The van der Waals surface area contributed by atoms with E-state index in [9.17, 15) is 9.59 Å². The number of nitrogens with zero attached hydrogens (tertiary/aromatic N) is 6. The number of rotatable bonds is 1. The molecule has 0 unspecified atom stereocenters. The zero-order chi connectivity index (χ0) is 13.4. The highest BCUT2D eigenvalue weighted by Gasteiger charge is 2.33. The Bertz CT molecular complexity index is 546. The molecular weight excluding hydrogens is 240 g/mol. The molecule has 0 aromatic carbocycles. The zero-order valence-corrected chi connectivity index (χ0v) is 10.2. The van der Waals surface area contributed by atoms with Gasteiger partial charge in [0.05, 0.1) is 12.1 Å². The molecule has 0 spiro atoms. The summed E-state index contributed by atoms with van der Waals surface area (Å²) in [5.41, 5.74) is 0.411. The van der Waals surface area contributed by atoms with Crippen molar-refractivity contribution in [1.29, 1.82) is 0 Å². The van der Waals surface area contributed by atoms with Gasteiger partial charge in [0.25, 0.3) is 5.95 Å². The SMILES string of the molecule is CC1=C(C(=O)O)Cn2nnnc2N1C(=O)N(C)C. The van der Waals surface area contributed by atoms with Crippen molar-refractivity contribution in [2.75, 3.05) is 19.0 Å². The summed E-state index contributed by atoms with van der Waals surface area (Å²) >= 11 is 0. The molecule has 1 N–H and O–H groups in total. The number of amides is 2. The predicted octanol–water partition coefficient (Wildman–Crippen LogP) is -0.467. The standard InChI is InChI=1S/C9H12N6O3/c1-5-6(7(16)17)4-14-8(10-11-12-14)15(5)9(18)13(2)3/h4H2,1-3H3,(H,16,17). The maximum atomic E-state index is 12.1. The molecule has 1 aromatic rings. The molecule has 0 aliphatic carbocycles. The van der Waals surface area contributed by atoms with Gasteiger partial charge in [-0.15, -0.1) is 0 Å². The van der Waals surface area contributed by atoms with Crippen LogP contribution >= 0.6 is 0 Å². The number of fused-ring (bicyclic) bond motifs is 1. The van der Waals surface area contributed by atoms with Crippen LogP contribution < -0.4 is 4.90 Å². The lowest BCUT2D eigenvalue weighted by Crippen LogP contribution is -2.43. The van der Waals surface area contributed by atoms with Crippen LogP contribution in [0.5, 0.6) is 0 Å². The maximum Gasteiger partial charge on any atom is 0.335 e. The largest absolute Gasteiger partial charge is 0.478 e. The summed E-state index contributed by atoms with van der Waals surface area (Å²) < 4.78 is 1.28. The highest BCUT2D eigenvalue weighted by Crippen LogP contribution is 2.25. The van der Waals surface area contributed by atoms with Crippen molar-refractivity contribution in [3.8, 4) is 0 Å². The van der Waals surface area contributed by atoms with E-state index in [1.165, 1.54) is 14.5 Å². The van der Waals surface area contributed by atoms with Gasteiger partial charge in [0.1, 0.15) is 0 Å². The Morgan fingerprint density at radius 1 is 1.39 bits per heavy atom. The van der Waals surface area contributed by atoms with E-state index in [1.807, 2.05) is 0 Å². The first-order valence-corrected chi connectivity index (χ1v) is 5.14. The number of anilines is 1. The molecule has 9 heteroatoms. The minimum absolute atomic E-state index is 0.0424. The fourth-order valence-electron chi connectivity index (χ4n) is 1.66. The molecule has 1 aromatic heterocycles. The summed E-state index contributed by atoms with van der Waals surface area (Å²) in [7, 11) is 3.14. The number of carboxylic acids is 1. The monoisotopic (exact) mass is 252 g/mol. The smallest absolute Gasteiger partial charge is 0.335 e. The number of allylic oxidation sites excluding steroid dienone is 1. The van der Waals surface area contributed by atoms with E-state index < -0.39 is 12.0 Å². The highest BCUT2D eigenvalue weighted by molar-refractivity contribution is 5.97. The third-order valence-corrected chi connectivity index (χ3v) is 2.63. The first-order valence-electron chi connectivity index (χ1n) is 5.14. The first-order chi connectivity index (χ1) is 8.43. The van der Waals surface area contributed by atoms with E-state index in [-0.39, 0.29) is 18.1 Å². The number of tetrazole rings is 1. The van der Waals surface area contributed by atoms with Crippen molar-refractivity contribution in [2.45, 2.75) is 13.5 Å². The summed E-state index contributed by atoms with van der Waals surface area (Å²) in [5.74, 6) is -0.874. The van der Waals surface area contributed by atoms with Crippen LogP contribution in [0.2, 0.25) is 0 Å². The second kappa shape index (κ2) is 4.09. The highest BCUT2D eigenvalue weighted by atomic mass is 16.4. The Morgan fingerprint density at radius 2 is 2.06 bits per heavy atom. The molecule has 9 nitrogen and oxygen atoms in total. The quantitative estimate of drug-likeness (QED) is 0.724. The van der Waals surface area contributed by atoms with Gasteiger partial charge in [-0.1, -0.05) is 5.10 Å². The molecule has 0 saturated carbocycles. The zero-order valence-electron chi connectivity index (χ0n) is 10.2. The topological polar surface area (TPSA) is 104 Å². The molecule has 96 valence electrons. The van der Waals surface area contributed by atoms with Crippen molar-refractivity contribution in [1.82, 2.24) is 25.1 Å². The molecule has 0 fully saturated rings. The van der Waals surface area contributed by atoms with E-state index in [4.69, 9.17) is 5.11 Å². The van der Waals surface area contributed by atoms with Gasteiger partial charge in [-0.3, -0.25) is 0 Å². The van der Waals surface area contributed by atoms with Crippen LogP contribution in [0, 0.1) is 0 Å². The average molecular weight is 252 g/mol. The molecule has 2 rings (SSSR count). The molecule has 2 heterocycles. The number of aromatic nitrogens is 4. The first kappa shape index (κ1) is 12.0. The van der Waals surface area contributed by atoms with Crippen LogP contribution in [0.15, 0.2) is 11.3 Å². The van der Waals surface area contributed by atoms with Gasteiger partial charge < -0.3 is 10.0 Å². The van der Waals surface area contributed by atoms with Gasteiger partial charge in [0, 0.05) is 19.8 Å². The van der Waals surface area contributed by atoms with E-state index in [2.05, 4.69) is 15.5 Å². The lowest BCUT2D eigenvalue weighted by Gasteiger charge is -2.29. The second-order valence-corrected chi connectivity index (χ2v) is 4.02. The molecule has 1 aliphatic rings. The van der Waals surface area contributed by atoms with Crippen molar-refractivity contribution in [3.63, 3.8) is 0 Å². The number of carboxylic acid groups (broad SMARTS) is 1. The van der Waals surface area contributed by atoms with Crippen LogP contribution in [0.25, 0.3) is 0 Å². The Kier molecular flexibility index (Phi) is 2.73. The Hall–Kier alpha value is -2.45. The molecule has 18 heavy (non-hydrogen) atoms. The number of aliphatic carboxylic acids is 1. The van der Waals surface area contributed by atoms with E-state index in [1.54, 1.807) is 21.0 Å². The van der Waals surface area contributed by atoms with Gasteiger partial charge in [-0.05, 0) is 17.4 Å². The van der Waals surface area contributed by atoms with Crippen LogP contribution in [0.3, 0.4) is 0 Å². The molecule has 0 saturated heterocycles. The van der Waals surface area contributed by atoms with E-state index in [0.29, 0.717) is 5.70 Å². The summed E-state index contributed by atoms with van der Waals surface area (Å²) in [6, 6.07) is -0.401. The average Bonchev–Trinajstić information content (AvgIpc) is 2.74. The van der Waals surface area contributed by atoms with Gasteiger partial charge in [0.2, 0.25) is 0 Å². The molecule has 0 radical (unpaired) electrons. The number of carbonyl (C=O) groups excluding carboxylic acids is 1. The molecule has 2 amide bonds. The van der Waals surface area contributed by atoms with Crippen LogP contribution in [-0.4, -0.2) is 56.3 Å². The van der Waals surface area contributed by atoms with Crippen molar-refractivity contribution < 1.29 is 14.7 Å². The number of hydrogen-bond donors (Lipinski definition) is 1. The van der Waals surface area contributed by atoms with Crippen LogP contribution in [0.4, 0.5) is 10.7 Å². The van der Waals surface area contributed by atoms with E-state index in [0.717, 1.165) is 0 Å². The third kappa shape index (κ3) is 1.69. The minimum atomic E-state index is -1.09. The molecule has 1 aliphatic heterocycles. The molecule has 0 atom stereocenters. The van der Waals surface area contributed by atoms with Crippen molar-refractivity contribution in [3.05, 3.63) is 11.3 Å². The lowest BCUT2D eigenvalue weighted by atomic mass is 10.1. The van der Waals surface area contributed by atoms with Crippen LogP contribution in [-0.2, 0) is 11.3 Å². The van der Waals surface area contributed by atoms with Crippen molar-refractivity contribution in [2.24, 2.45) is 0 Å². The predicted molar refractivity (Wildman–Crippen MR) is 59.7 cm³/mol. The summed E-state index contributed by atoms with van der Waals surface area (Å²) in [5, 5.41) is 20.0. The summed E-state index contributed by atoms with van der Waals surface area (Å²) in [6.07, 6.45) is 0. The van der Waals surface area contributed by atoms with Crippen LogP contribution in [0.1, 0.15) is 6.92 Å². The number of hydrogen-bond acceptors (Lipinski definition) is 5. The summed E-state index contributed by atoms with van der Waals surface area (Å²) in [6.45, 7) is 1.60. The number of carbonyl (C=O) groups is 2. The van der Waals surface area contributed by atoms with Gasteiger partial charge >= 0.3 is 12.0 Å².